The Kier molecular flexibility index (Phi) is 7.44. The Hall–Kier alpha value is -1.14. The predicted molar refractivity (Wildman–Crippen MR) is 85.9 cm³/mol. The maximum absolute atomic E-state index is 12.5. The van der Waals surface area contributed by atoms with Gasteiger partial charge in [0.15, 0.2) is 0 Å². The molecule has 0 aliphatic heterocycles. The van der Waals surface area contributed by atoms with Gasteiger partial charge in [0, 0.05) is 27.4 Å². The highest BCUT2D eigenvalue weighted by molar-refractivity contribution is 7.92. The molecule has 144 valence electrons. The van der Waals surface area contributed by atoms with Gasteiger partial charge in [0.25, 0.3) is 9.84 Å². The molecule has 0 N–H and O–H groups in total. The molecule has 0 saturated carbocycles. The monoisotopic (exact) mass is 402 g/mol. The molecule has 0 heterocycles. The third-order valence-electron chi connectivity index (χ3n) is 3.50. The van der Waals surface area contributed by atoms with E-state index < -0.39 is 29.0 Å². The van der Waals surface area contributed by atoms with E-state index in [4.69, 9.17) is 18.0 Å². The summed E-state index contributed by atoms with van der Waals surface area (Å²) < 4.78 is 81.4. The molecule has 0 bridgehead atoms. The molecule has 1 atom stereocenters. The van der Waals surface area contributed by atoms with Crippen LogP contribution in [-0.2, 0) is 23.1 Å². The highest BCUT2D eigenvalue weighted by atomic mass is 32.2. The number of alkyl halides is 3. The lowest BCUT2D eigenvalue weighted by Gasteiger charge is -2.27. The van der Waals surface area contributed by atoms with Gasteiger partial charge >= 0.3 is 14.3 Å². The summed E-state index contributed by atoms with van der Waals surface area (Å²) in [4.78, 5) is -0.829. The van der Waals surface area contributed by atoms with Crippen LogP contribution in [0.4, 0.5) is 13.2 Å². The van der Waals surface area contributed by atoms with E-state index in [-0.39, 0.29) is 18.3 Å². The average molecular weight is 402 g/mol. The molecule has 1 aromatic rings. The third kappa shape index (κ3) is 5.41. The van der Waals surface area contributed by atoms with Crippen LogP contribution in [0.2, 0.25) is 6.04 Å². The second-order valence-corrected chi connectivity index (χ2v) is 10.3. The number of rotatable bonds is 9. The van der Waals surface area contributed by atoms with E-state index in [0.717, 1.165) is 12.1 Å². The fourth-order valence-electron chi connectivity index (χ4n) is 2.07. The minimum Gasteiger partial charge on any atom is -0.493 e. The largest absolute Gasteiger partial charge is 0.501 e. The Balaban J connectivity index is 2.71. The van der Waals surface area contributed by atoms with Crippen molar-refractivity contribution in [2.45, 2.75) is 23.4 Å². The lowest BCUT2D eigenvalue weighted by Crippen LogP contribution is -2.44. The summed E-state index contributed by atoms with van der Waals surface area (Å²) in [5.74, 6) is 0.234. The number of benzene rings is 1. The first-order valence-electron chi connectivity index (χ1n) is 7.21. The molecule has 0 amide bonds. The summed E-state index contributed by atoms with van der Waals surface area (Å²) in [6.45, 7) is 2.11. The van der Waals surface area contributed by atoms with E-state index in [1.807, 2.05) is 6.92 Å². The lowest BCUT2D eigenvalue weighted by molar-refractivity contribution is -0.0436. The van der Waals surface area contributed by atoms with E-state index in [1.165, 1.54) is 33.5 Å². The van der Waals surface area contributed by atoms with Crippen LogP contribution in [0, 0.1) is 5.92 Å². The van der Waals surface area contributed by atoms with Gasteiger partial charge < -0.3 is 18.0 Å². The second kappa shape index (κ2) is 8.49. The molecule has 1 rings (SSSR count). The Bertz CT molecular complexity index is 635. The normalized spacial score (nSPS) is 14.4. The van der Waals surface area contributed by atoms with Crippen LogP contribution < -0.4 is 4.74 Å². The zero-order valence-electron chi connectivity index (χ0n) is 14.3. The zero-order chi connectivity index (χ0) is 19.3. The van der Waals surface area contributed by atoms with E-state index in [9.17, 15) is 21.6 Å². The van der Waals surface area contributed by atoms with Gasteiger partial charge in [0.1, 0.15) is 5.75 Å². The van der Waals surface area contributed by atoms with Crippen LogP contribution in [0.25, 0.3) is 0 Å². The SMILES string of the molecule is CO[Si](CC(C)COc1ccc(S(=O)(=O)C(F)(F)F)cc1)(OC)OC. The van der Waals surface area contributed by atoms with Gasteiger partial charge in [-0.05, 0) is 30.2 Å². The molecule has 0 aromatic heterocycles. The zero-order valence-corrected chi connectivity index (χ0v) is 16.1. The van der Waals surface area contributed by atoms with Crippen molar-refractivity contribution in [3.05, 3.63) is 24.3 Å². The number of ether oxygens (including phenoxy) is 1. The van der Waals surface area contributed by atoms with Crippen molar-refractivity contribution in [1.82, 2.24) is 0 Å². The van der Waals surface area contributed by atoms with Crippen LogP contribution in [0.3, 0.4) is 0 Å². The van der Waals surface area contributed by atoms with Gasteiger partial charge in [0.05, 0.1) is 11.5 Å². The van der Waals surface area contributed by atoms with Gasteiger partial charge in [-0.3, -0.25) is 0 Å². The summed E-state index contributed by atoms with van der Waals surface area (Å²) in [7, 11) is -3.64. The molecule has 0 saturated heterocycles. The second-order valence-electron chi connectivity index (χ2n) is 5.34. The smallest absolute Gasteiger partial charge is 0.493 e. The first kappa shape index (κ1) is 21.9. The molecule has 11 heteroatoms. The predicted octanol–water partition coefficient (Wildman–Crippen LogP) is 2.87. The summed E-state index contributed by atoms with van der Waals surface area (Å²) in [5.41, 5.74) is -5.34. The van der Waals surface area contributed by atoms with Crippen LogP contribution in [0.15, 0.2) is 29.2 Å². The fourth-order valence-corrected chi connectivity index (χ4v) is 4.81. The summed E-state index contributed by atoms with van der Waals surface area (Å²) in [6.07, 6.45) is 0. The van der Waals surface area contributed by atoms with Crippen molar-refractivity contribution in [3.8, 4) is 5.75 Å². The van der Waals surface area contributed by atoms with Crippen LogP contribution in [0.5, 0.6) is 5.75 Å². The highest BCUT2D eigenvalue weighted by Crippen LogP contribution is 2.31. The third-order valence-corrected chi connectivity index (χ3v) is 8.07. The first-order valence-corrected chi connectivity index (χ1v) is 10.6. The van der Waals surface area contributed by atoms with E-state index >= 15 is 0 Å². The summed E-state index contributed by atoms with van der Waals surface area (Å²) >= 11 is 0. The highest BCUT2D eigenvalue weighted by Gasteiger charge is 2.46. The molecule has 6 nitrogen and oxygen atoms in total. The molecular weight excluding hydrogens is 381 g/mol. The number of halogens is 3. The summed E-state index contributed by atoms with van der Waals surface area (Å²) in [5, 5.41) is 0. The van der Waals surface area contributed by atoms with Crippen molar-refractivity contribution >= 4 is 18.6 Å². The Morgan fingerprint density at radius 3 is 1.92 bits per heavy atom. The van der Waals surface area contributed by atoms with E-state index in [0.29, 0.717) is 6.04 Å². The lowest BCUT2D eigenvalue weighted by atomic mass is 10.2. The van der Waals surface area contributed by atoms with Crippen molar-refractivity contribution in [2.24, 2.45) is 5.92 Å². The van der Waals surface area contributed by atoms with Crippen LogP contribution in [-0.4, -0.2) is 50.7 Å². The number of sulfone groups is 1. The van der Waals surface area contributed by atoms with Gasteiger partial charge in [-0.1, -0.05) is 6.92 Å². The molecule has 0 aliphatic rings. The molecule has 1 unspecified atom stereocenters. The minimum absolute atomic E-state index is 0.0231. The quantitative estimate of drug-likeness (QED) is 0.592. The van der Waals surface area contributed by atoms with Gasteiger partial charge in [0.2, 0.25) is 0 Å². The molecule has 0 fully saturated rings. The van der Waals surface area contributed by atoms with Crippen LogP contribution in [0.1, 0.15) is 6.92 Å². The molecule has 0 radical (unpaired) electrons. The molecule has 0 spiro atoms. The van der Waals surface area contributed by atoms with Crippen LogP contribution >= 0.6 is 0 Å². The van der Waals surface area contributed by atoms with E-state index in [2.05, 4.69) is 0 Å². The van der Waals surface area contributed by atoms with Crippen molar-refractivity contribution in [2.75, 3.05) is 27.9 Å². The molecule has 1 aromatic carbocycles. The molecule has 25 heavy (non-hydrogen) atoms. The van der Waals surface area contributed by atoms with Gasteiger partial charge in [-0.2, -0.15) is 13.2 Å². The maximum atomic E-state index is 12.5. The first-order chi connectivity index (χ1) is 11.5. The standard InChI is InChI=1S/C14H21F3O6SSi/c1-11(10-25(20-2,21-3)22-4)9-23-12-5-7-13(8-6-12)24(18,19)14(15,16)17/h5-8,11H,9-10H2,1-4H3. The Labute approximate surface area is 146 Å². The topological polar surface area (TPSA) is 71.1 Å². The average Bonchev–Trinajstić information content (AvgIpc) is 2.57. The summed E-state index contributed by atoms with van der Waals surface area (Å²) in [6, 6.07) is 4.57. The number of hydrogen-bond acceptors (Lipinski definition) is 6. The van der Waals surface area contributed by atoms with Gasteiger partial charge in [-0.25, -0.2) is 8.42 Å². The van der Waals surface area contributed by atoms with Crippen molar-refractivity contribution < 1.29 is 39.6 Å². The Morgan fingerprint density at radius 1 is 1.04 bits per heavy atom. The maximum Gasteiger partial charge on any atom is 0.501 e. The minimum atomic E-state index is -5.36. The van der Waals surface area contributed by atoms with Gasteiger partial charge in [-0.15, -0.1) is 0 Å². The van der Waals surface area contributed by atoms with Crippen molar-refractivity contribution in [3.63, 3.8) is 0 Å². The Morgan fingerprint density at radius 2 is 1.52 bits per heavy atom. The fraction of sp³-hybridized carbons (Fsp3) is 0.571. The molecule has 0 aliphatic carbocycles. The van der Waals surface area contributed by atoms with Crippen molar-refractivity contribution in [1.29, 1.82) is 0 Å². The number of hydrogen-bond donors (Lipinski definition) is 0. The van der Waals surface area contributed by atoms with E-state index in [1.54, 1.807) is 0 Å². The molecular formula is C14H21F3O6SSi.